The molecule has 1 fully saturated rings. The van der Waals surface area contributed by atoms with Crippen LogP contribution < -0.4 is 5.73 Å². The van der Waals surface area contributed by atoms with E-state index in [9.17, 15) is 4.79 Å². The van der Waals surface area contributed by atoms with Crippen molar-refractivity contribution in [3.8, 4) is 0 Å². The van der Waals surface area contributed by atoms with Gasteiger partial charge in [-0.2, -0.15) is 0 Å². The average molecular weight is 257 g/mol. The van der Waals surface area contributed by atoms with E-state index in [0.29, 0.717) is 0 Å². The number of hydroxylamine groups is 2. The lowest BCUT2D eigenvalue weighted by Gasteiger charge is -2.39. The van der Waals surface area contributed by atoms with Gasteiger partial charge >= 0.3 is 5.97 Å². The summed E-state index contributed by atoms with van der Waals surface area (Å²) in [6.45, 7) is 12.1. The molecular formula is C13H27N3O2. The van der Waals surface area contributed by atoms with Gasteiger partial charge in [0.25, 0.3) is 0 Å². The smallest absolute Gasteiger partial charge is 0.330 e. The van der Waals surface area contributed by atoms with Crippen LogP contribution in [0.5, 0.6) is 0 Å². The second-order valence-electron chi connectivity index (χ2n) is 6.06. The molecule has 0 radical (unpaired) electrons. The Morgan fingerprint density at radius 3 is 2.56 bits per heavy atom. The molecule has 0 amide bonds. The van der Waals surface area contributed by atoms with Gasteiger partial charge in [0.05, 0.1) is 11.5 Å². The minimum atomic E-state index is -0.448. The van der Waals surface area contributed by atoms with Crippen molar-refractivity contribution in [1.82, 2.24) is 9.96 Å². The van der Waals surface area contributed by atoms with Crippen LogP contribution >= 0.6 is 0 Å². The summed E-state index contributed by atoms with van der Waals surface area (Å²) >= 11 is 0. The third-order valence-corrected chi connectivity index (χ3v) is 3.14. The molecule has 0 spiro atoms. The molecule has 0 aromatic heterocycles. The summed E-state index contributed by atoms with van der Waals surface area (Å²) in [7, 11) is 0. The van der Waals surface area contributed by atoms with Crippen molar-refractivity contribution in [3.63, 3.8) is 0 Å². The van der Waals surface area contributed by atoms with Crippen LogP contribution in [0.1, 0.15) is 34.1 Å². The van der Waals surface area contributed by atoms with Crippen LogP contribution in [-0.4, -0.2) is 54.7 Å². The van der Waals surface area contributed by atoms with Gasteiger partial charge < -0.3 is 15.5 Å². The third-order valence-electron chi connectivity index (χ3n) is 3.14. The fourth-order valence-corrected chi connectivity index (χ4v) is 1.91. The van der Waals surface area contributed by atoms with Gasteiger partial charge in [0.1, 0.15) is 0 Å². The summed E-state index contributed by atoms with van der Waals surface area (Å²) in [6.07, 6.45) is 1.02. The number of carbonyl (C=O) groups excluding carboxylic acids is 1. The summed E-state index contributed by atoms with van der Waals surface area (Å²) in [5.74, 6) is -0.162. The van der Waals surface area contributed by atoms with E-state index in [-0.39, 0.29) is 12.0 Å². The largest absolute Gasteiger partial charge is 0.367 e. The van der Waals surface area contributed by atoms with Crippen molar-refractivity contribution in [2.75, 3.05) is 32.7 Å². The first-order chi connectivity index (χ1) is 8.34. The predicted octanol–water partition coefficient (Wildman–Crippen LogP) is 0.846. The van der Waals surface area contributed by atoms with Crippen molar-refractivity contribution in [1.29, 1.82) is 0 Å². The molecule has 0 unspecified atom stereocenters. The molecule has 1 heterocycles. The quantitative estimate of drug-likeness (QED) is 0.809. The summed E-state index contributed by atoms with van der Waals surface area (Å²) in [5, 5.41) is 1.81. The van der Waals surface area contributed by atoms with Crippen molar-refractivity contribution < 1.29 is 9.63 Å². The van der Waals surface area contributed by atoms with E-state index < -0.39 is 5.41 Å². The Kier molecular flexibility index (Phi) is 5.56. The van der Waals surface area contributed by atoms with E-state index in [4.69, 9.17) is 10.6 Å². The van der Waals surface area contributed by atoms with Gasteiger partial charge in [0.2, 0.25) is 0 Å². The molecule has 18 heavy (non-hydrogen) atoms. The Hall–Kier alpha value is -0.650. The van der Waals surface area contributed by atoms with Gasteiger partial charge in [0, 0.05) is 19.6 Å². The number of hydrogen-bond acceptors (Lipinski definition) is 5. The number of rotatable bonds is 4. The van der Waals surface area contributed by atoms with Crippen molar-refractivity contribution in [2.24, 2.45) is 11.1 Å². The molecule has 1 saturated heterocycles. The zero-order valence-electron chi connectivity index (χ0n) is 12.1. The molecule has 0 bridgehead atoms. The average Bonchev–Trinajstić information content (AvgIpc) is 2.28. The molecule has 1 atom stereocenters. The van der Waals surface area contributed by atoms with Gasteiger partial charge in [-0.3, -0.25) is 0 Å². The van der Waals surface area contributed by atoms with Crippen LogP contribution in [0.4, 0.5) is 0 Å². The summed E-state index contributed by atoms with van der Waals surface area (Å²) < 4.78 is 0. The standard InChI is InChI=1S/C13H27N3O2/c1-11-10-15(7-5-6-14)8-9-16(11)18-12(17)13(2,3)4/h11H,5-10,14H2,1-4H3/t11-/m0/s1. The van der Waals surface area contributed by atoms with Gasteiger partial charge in [-0.15, -0.1) is 5.06 Å². The van der Waals surface area contributed by atoms with Gasteiger partial charge in [-0.25, -0.2) is 4.79 Å². The molecular weight excluding hydrogens is 230 g/mol. The first-order valence-electron chi connectivity index (χ1n) is 6.76. The van der Waals surface area contributed by atoms with Gasteiger partial charge in [0.15, 0.2) is 0 Å². The Labute approximate surface area is 110 Å². The van der Waals surface area contributed by atoms with E-state index in [1.807, 2.05) is 25.8 Å². The maximum Gasteiger partial charge on any atom is 0.330 e. The number of carbonyl (C=O) groups is 1. The lowest BCUT2D eigenvalue weighted by atomic mass is 9.98. The first kappa shape index (κ1) is 15.4. The van der Waals surface area contributed by atoms with E-state index in [0.717, 1.165) is 39.1 Å². The summed E-state index contributed by atoms with van der Waals surface area (Å²) in [6, 6.07) is 0.239. The molecule has 0 aromatic carbocycles. The molecule has 1 aliphatic heterocycles. The topological polar surface area (TPSA) is 58.8 Å². The maximum atomic E-state index is 11.8. The monoisotopic (exact) mass is 257 g/mol. The Bertz CT molecular complexity index is 276. The van der Waals surface area contributed by atoms with E-state index in [1.54, 1.807) is 0 Å². The second kappa shape index (κ2) is 6.50. The summed E-state index contributed by atoms with van der Waals surface area (Å²) in [5.41, 5.74) is 5.07. The molecule has 0 aromatic rings. The normalized spacial score (nSPS) is 23.1. The van der Waals surface area contributed by atoms with E-state index >= 15 is 0 Å². The molecule has 0 aliphatic carbocycles. The lowest BCUT2D eigenvalue weighted by Crippen LogP contribution is -2.53. The van der Waals surface area contributed by atoms with Crippen LogP contribution in [0.25, 0.3) is 0 Å². The van der Waals surface area contributed by atoms with Crippen LogP contribution in [-0.2, 0) is 9.63 Å². The van der Waals surface area contributed by atoms with Gasteiger partial charge in [-0.05, 0) is 47.2 Å². The molecule has 5 nitrogen and oxygen atoms in total. The lowest BCUT2D eigenvalue weighted by molar-refractivity contribution is -0.219. The van der Waals surface area contributed by atoms with Crippen molar-refractivity contribution >= 4 is 5.97 Å². The van der Waals surface area contributed by atoms with Crippen molar-refractivity contribution in [2.45, 2.75) is 40.2 Å². The highest BCUT2D eigenvalue weighted by atomic mass is 16.7. The van der Waals surface area contributed by atoms with Crippen LogP contribution in [0.2, 0.25) is 0 Å². The zero-order valence-corrected chi connectivity index (χ0v) is 12.1. The minimum Gasteiger partial charge on any atom is -0.367 e. The Morgan fingerprint density at radius 1 is 1.39 bits per heavy atom. The molecule has 1 rings (SSSR count). The number of nitrogens with two attached hydrogens (primary N) is 1. The maximum absolute atomic E-state index is 11.8. The van der Waals surface area contributed by atoms with E-state index in [2.05, 4.69) is 11.8 Å². The van der Waals surface area contributed by atoms with E-state index in [1.165, 1.54) is 0 Å². The van der Waals surface area contributed by atoms with Gasteiger partial charge in [-0.1, -0.05) is 0 Å². The number of piperazine rings is 1. The highest BCUT2D eigenvalue weighted by Crippen LogP contribution is 2.18. The molecule has 1 aliphatic rings. The minimum absolute atomic E-state index is 0.162. The highest BCUT2D eigenvalue weighted by molar-refractivity contribution is 5.75. The Balaban J connectivity index is 2.40. The molecule has 0 saturated carbocycles. The number of hydrogen-bond donors (Lipinski definition) is 1. The number of nitrogens with zero attached hydrogens (tertiary/aromatic N) is 2. The Morgan fingerprint density at radius 2 is 2.06 bits per heavy atom. The molecule has 2 N–H and O–H groups in total. The highest BCUT2D eigenvalue weighted by Gasteiger charge is 2.30. The SMILES string of the molecule is C[C@H]1CN(CCCN)CCN1OC(=O)C(C)(C)C. The van der Waals surface area contributed by atoms with Crippen molar-refractivity contribution in [3.05, 3.63) is 0 Å². The predicted molar refractivity (Wildman–Crippen MR) is 71.8 cm³/mol. The fraction of sp³-hybridized carbons (Fsp3) is 0.923. The van der Waals surface area contributed by atoms with Crippen LogP contribution in [0.15, 0.2) is 0 Å². The second-order valence-corrected chi connectivity index (χ2v) is 6.06. The summed E-state index contributed by atoms with van der Waals surface area (Å²) in [4.78, 5) is 19.7. The third kappa shape index (κ3) is 4.55. The van der Waals surface area contributed by atoms with Crippen LogP contribution in [0, 0.1) is 5.41 Å². The zero-order chi connectivity index (χ0) is 13.8. The fourth-order valence-electron chi connectivity index (χ4n) is 1.91. The first-order valence-corrected chi connectivity index (χ1v) is 6.76. The van der Waals surface area contributed by atoms with Crippen LogP contribution in [0.3, 0.4) is 0 Å². The molecule has 106 valence electrons. The molecule has 5 heteroatoms.